The first-order chi connectivity index (χ1) is 17.9. The van der Waals surface area contributed by atoms with Gasteiger partial charge >= 0.3 is 0 Å². The minimum absolute atomic E-state index is 0.0849. The van der Waals surface area contributed by atoms with E-state index in [1.54, 1.807) is 30.3 Å². The molecule has 38 heavy (non-hydrogen) atoms. The van der Waals surface area contributed by atoms with Gasteiger partial charge < -0.3 is 26.0 Å². The van der Waals surface area contributed by atoms with Crippen molar-refractivity contribution >= 4 is 28.8 Å². The maximum Gasteiger partial charge on any atom is 0.255 e. The Morgan fingerprint density at radius 2 is 1.76 bits per heavy atom. The van der Waals surface area contributed by atoms with Gasteiger partial charge in [-0.3, -0.25) is 19.3 Å². The SMILES string of the molecule is CN(C)Cc1ccc(-c2ccc(O)c3c2CC2CC4C(C(=O)C(C(N)=O)=C(O)[C@H]4N(C)C)C(O)=C2C3=O)s1. The van der Waals surface area contributed by atoms with Crippen LogP contribution in [0.3, 0.4) is 0 Å². The number of fused-ring (bicyclic) bond motifs is 3. The minimum atomic E-state index is -1.19. The number of aliphatic hydroxyl groups excluding tert-OH is 2. The molecule has 0 spiro atoms. The summed E-state index contributed by atoms with van der Waals surface area (Å²) in [7, 11) is 7.41. The molecule has 1 aromatic heterocycles. The van der Waals surface area contributed by atoms with Crippen LogP contribution in [-0.4, -0.2) is 76.8 Å². The van der Waals surface area contributed by atoms with Gasteiger partial charge in [-0.05, 0) is 88.3 Å². The molecular weight excluding hydrogens is 506 g/mol. The van der Waals surface area contributed by atoms with Gasteiger partial charge in [0.1, 0.15) is 22.8 Å². The van der Waals surface area contributed by atoms with Crippen molar-refractivity contribution in [3.63, 3.8) is 0 Å². The number of hydrogen-bond acceptors (Lipinski definition) is 9. The van der Waals surface area contributed by atoms with Gasteiger partial charge in [0.05, 0.1) is 17.5 Å². The number of Topliss-reactive ketones (excluding diaryl/α,β-unsaturated/α-hetero) is 2. The number of ketones is 2. The molecular formula is C28H31N3O6S. The third kappa shape index (κ3) is 3.95. The number of likely N-dealkylation sites (N-methyl/N-ethyl adjacent to an activating group) is 1. The molecule has 0 saturated carbocycles. The lowest BCUT2D eigenvalue weighted by molar-refractivity contribution is -0.127. The van der Waals surface area contributed by atoms with Crippen LogP contribution in [0.15, 0.2) is 46.9 Å². The lowest BCUT2D eigenvalue weighted by atomic mass is 9.60. The fourth-order valence-electron chi connectivity index (χ4n) is 6.42. The summed E-state index contributed by atoms with van der Waals surface area (Å²) in [5, 5.41) is 33.0. The van der Waals surface area contributed by atoms with Crippen LogP contribution in [0, 0.1) is 17.8 Å². The molecule has 0 radical (unpaired) electrons. The Balaban J connectivity index is 1.64. The molecule has 1 heterocycles. The Kier molecular flexibility index (Phi) is 6.45. The average Bonchev–Trinajstić information content (AvgIpc) is 3.25. The number of nitrogens with two attached hydrogens (primary N) is 1. The molecule has 2 aromatic rings. The zero-order chi connectivity index (χ0) is 27.6. The van der Waals surface area contributed by atoms with Crippen molar-refractivity contribution in [3.8, 4) is 16.2 Å². The third-order valence-corrected chi connectivity index (χ3v) is 8.95. The summed E-state index contributed by atoms with van der Waals surface area (Å²) >= 11 is 1.62. The Labute approximate surface area is 224 Å². The summed E-state index contributed by atoms with van der Waals surface area (Å²) in [6.07, 6.45) is 0.696. The van der Waals surface area contributed by atoms with E-state index in [-0.39, 0.29) is 16.9 Å². The van der Waals surface area contributed by atoms with E-state index in [2.05, 4.69) is 4.90 Å². The molecule has 3 aliphatic rings. The molecule has 9 nitrogen and oxygen atoms in total. The van der Waals surface area contributed by atoms with E-state index in [9.17, 15) is 29.7 Å². The van der Waals surface area contributed by atoms with Gasteiger partial charge in [-0.2, -0.15) is 0 Å². The normalized spacial score (nSPS) is 25.1. The number of carbonyl (C=O) groups excluding carboxylic acids is 3. The van der Waals surface area contributed by atoms with Crippen LogP contribution in [0.5, 0.6) is 5.75 Å². The number of hydrogen-bond donors (Lipinski definition) is 4. The number of primary amides is 1. The highest BCUT2D eigenvalue weighted by Gasteiger charge is 2.54. The highest BCUT2D eigenvalue weighted by atomic mass is 32.1. The topological polar surface area (TPSA) is 144 Å². The molecule has 0 aliphatic heterocycles. The van der Waals surface area contributed by atoms with Crippen molar-refractivity contribution < 1.29 is 29.7 Å². The summed E-state index contributed by atoms with van der Waals surface area (Å²) in [5.74, 6) is -5.57. The first kappa shape index (κ1) is 26.1. The number of nitrogens with zero attached hydrogens (tertiary/aromatic N) is 2. The highest BCUT2D eigenvalue weighted by molar-refractivity contribution is 7.15. The van der Waals surface area contributed by atoms with Crippen LogP contribution < -0.4 is 5.73 Å². The lowest BCUT2D eigenvalue weighted by Gasteiger charge is -2.46. The molecule has 200 valence electrons. The minimum Gasteiger partial charge on any atom is -0.511 e. The fraction of sp³-hybridized carbons (Fsp3) is 0.393. The standard InChI is InChI=1S/C28H31N3O6S/c1-30(2)11-13-5-8-18(38-13)14-6-7-17(32)20-15(14)9-12-10-16-21(25(34)19(12)24(20)33)26(35)22(28(29)37)27(36)23(16)31(3)4/h5-8,12,16,21,23,32,34,36H,9-11H2,1-4H3,(H2,29,37)/t12?,16?,21?,23-/m0/s1. The van der Waals surface area contributed by atoms with Crippen LogP contribution in [-0.2, 0) is 22.6 Å². The Hall–Kier alpha value is -3.47. The van der Waals surface area contributed by atoms with Gasteiger partial charge in [0.25, 0.3) is 5.91 Å². The third-order valence-electron chi connectivity index (χ3n) is 7.85. The predicted octanol–water partition coefficient (Wildman–Crippen LogP) is 2.80. The quantitative estimate of drug-likeness (QED) is 0.426. The van der Waals surface area contributed by atoms with Crippen LogP contribution >= 0.6 is 11.3 Å². The zero-order valence-electron chi connectivity index (χ0n) is 21.7. The number of aromatic hydroxyl groups is 1. The van der Waals surface area contributed by atoms with Gasteiger partial charge in [-0.15, -0.1) is 11.3 Å². The van der Waals surface area contributed by atoms with Crippen molar-refractivity contribution in [2.24, 2.45) is 23.5 Å². The number of phenolic OH excluding ortho intramolecular Hbond substituents is 1. The number of rotatable bonds is 5. The molecule has 3 unspecified atom stereocenters. The summed E-state index contributed by atoms with van der Waals surface area (Å²) in [4.78, 5) is 45.1. The smallest absolute Gasteiger partial charge is 0.255 e. The van der Waals surface area contributed by atoms with Crippen molar-refractivity contribution in [2.45, 2.75) is 25.4 Å². The number of allylic oxidation sites excluding steroid dienone is 2. The largest absolute Gasteiger partial charge is 0.511 e. The maximum absolute atomic E-state index is 13.8. The van der Waals surface area contributed by atoms with E-state index in [1.165, 1.54) is 6.07 Å². The molecule has 0 fully saturated rings. The van der Waals surface area contributed by atoms with E-state index in [0.717, 1.165) is 21.9 Å². The number of phenols is 1. The number of benzene rings is 1. The Bertz CT molecular complexity index is 1440. The van der Waals surface area contributed by atoms with E-state index < -0.39 is 58.4 Å². The van der Waals surface area contributed by atoms with Crippen molar-refractivity contribution in [1.29, 1.82) is 0 Å². The second kappa shape index (κ2) is 9.37. The van der Waals surface area contributed by atoms with Crippen LogP contribution in [0.25, 0.3) is 10.4 Å². The van der Waals surface area contributed by atoms with Crippen molar-refractivity contribution in [1.82, 2.24) is 9.80 Å². The van der Waals surface area contributed by atoms with Gasteiger partial charge in [-0.25, -0.2) is 0 Å². The van der Waals surface area contributed by atoms with Crippen LogP contribution in [0.4, 0.5) is 0 Å². The fourth-order valence-corrected chi connectivity index (χ4v) is 7.60. The van der Waals surface area contributed by atoms with Crippen LogP contribution in [0.1, 0.15) is 27.2 Å². The molecule has 5 N–H and O–H groups in total. The van der Waals surface area contributed by atoms with Crippen molar-refractivity contribution in [3.05, 3.63) is 62.9 Å². The van der Waals surface area contributed by atoms with Gasteiger partial charge in [-0.1, -0.05) is 0 Å². The molecule has 1 aromatic carbocycles. The summed E-state index contributed by atoms with van der Waals surface area (Å²) in [6.45, 7) is 0.778. The number of carbonyl (C=O) groups is 3. The molecule has 10 heteroatoms. The predicted molar refractivity (Wildman–Crippen MR) is 143 cm³/mol. The first-order valence-corrected chi connectivity index (χ1v) is 13.2. The average molecular weight is 538 g/mol. The summed E-state index contributed by atoms with van der Waals surface area (Å²) in [6, 6.07) is 6.62. The summed E-state index contributed by atoms with van der Waals surface area (Å²) < 4.78 is 0. The van der Waals surface area contributed by atoms with E-state index in [1.807, 2.05) is 32.3 Å². The Morgan fingerprint density at radius 1 is 1.05 bits per heavy atom. The molecule has 1 amide bonds. The molecule has 0 saturated heterocycles. The lowest BCUT2D eigenvalue weighted by Crippen LogP contribution is -2.53. The molecule has 4 atom stereocenters. The van der Waals surface area contributed by atoms with Gasteiger partial charge in [0, 0.05) is 21.9 Å². The molecule has 0 bridgehead atoms. The summed E-state index contributed by atoms with van der Waals surface area (Å²) in [5.41, 5.74) is 6.65. The second-order valence-electron chi connectivity index (χ2n) is 10.8. The second-order valence-corrected chi connectivity index (χ2v) is 12.0. The number of thiophene rings is 1. The maximum atomic E-state index is 13.8. The van der Waals surface area contributed by atoms with Crippen LogP contribution in [0.2, 0.25) is 0 Å². The van der Waals surface area contributed by atoms with E-state index in [4.69, 9.17) is 5.73 Å². The van der Waals surface area contributed by atoms with E-state index in [0.29, 0.717) is 18.4 Å². The molecule has 3 aliphatic carbocycles. The van der Waals surface area contributed by atoms with Crippen molar-refractivity contribution in [2.75, 3.05) is 28.2 Å². The Morgan fingerprint density at radius 3 is 2.39 bits per heavy atom. The van der Waals surface area contributed by atoms with Gasteiger partial charge in [0.2, 0.25) is 0 Å². The van der Waals surface area contributed by atoms with E-state index >= 15 is 0 Å². The highest BCUT2D eigenvalue weighted by Crippen LogP contribution is 2.51. The monoisotopic (exact) mass is 537 g/mol. The van der Waals surface area contributed by atoms with Gasteiger partial charge in [0.15, 0.2) is 11.6 Å². The number of amides is 1. The zero-order valence-corrected chi connectivity index (χ0v) is 22.5. The molecule has 5 rings (SSSR count). The number of aliphatic hydroxyl groups is 2. The first-order valence-electron chi connectivity index (χ1n) is 12.4.